The number of aromatic nitrogens is 4. The van der Waals surface area contributed by atoms with Crippen LogP contribution in [-0.2, 0) is 36.1 Å². The Morgan fingerprint density at radius 2 is 2.19 bits per heavy atom. The van der Waals surface area contributed by atoms with Gasteiger partial charge in [0, 0.05) is 51.0 Å². The topological polar surface area (TPSA) is 65.2 Å². The molecule has 1 fully saturated rings. The third-order valence-corrected chi connectivity index (χ3v) is 5.27. The van der Waals surface area contributed by atoms with Crippen LogP contribution >= 0.6 is 0 Å². The third kappa shape index (κ3) is 3.67. The summed E-state index contributed by atoms with van der Waals surface area (Å²) in [5.74, 6) is 1.05. The van der Waals surface area contributed by atoms with E-state index in [1.807, 2.05) is 30.4 Å². The van der Waals surface area contributed by atoms with Crippen molar-refractivity contribution in [2.75, 3.05) is 19.8 Å². The van der Waals surface area contributed by atoms with Gasteiger partial charge in [-0.25, -0.2) is 0 Å². The second-order valence-corrected chi connectivity index (χ2v) is 7.48. The molecule has 4 rings (SSSR count). The average Bonchev–Trinajstić information content (AvgIpc) is 3.21. The van der Waals surface area contributed by atoms with E-state index in [1.54, 1.807) is 4.68 Å². The van der Waals surface area contributed by atoms with E-state index < -0.39 is 0 Å². The maximum Gasteiger partial charge on any atom is 0.228 e. The zero-order chi connectivity index (χ0) is 18.1. The Bertz CT molecular complexity index is 777. The van der Waals surface area contributed by atoms with Crippen molar-refractivity contribution in [2.24, 2.45) is 13.0 Å². The number of ether oxygens (including phenoxy) is 1. The van der Waals surface area contributed by atoms with Crippen LogP contribution in [0.3, 0.4) is 0 Å². The van der Waals surface area contributed by atoms with Gasteiger partial charge in [-0.3, -0.25) is 14.2 Å². The van der Waals surface area contributed by atoms with E-state index in [1.165, 1.54) is 18.5 Å². The lowest BCUT2D eigenvalue weighted by Crippen LogP contribution is -2.41. The van der Waals surface area contributed by atoms with Crippen LogP contribution in [0.25, 0.3) is 0 Å². The first kappa shape index (κ1) is 17.3. The molecule has 3 heterocycles. The zero-order valence-corrected chi connectivity index (χ0v) is 15.6. The van der Waals surface area contributed by atoms with Gasteiger partial charge in [0.05, 0.1) is 30.6 Å². The zero-order valence-electron chi connectivity index (χ0n) is 15.6. The van der Waals surface area contributed by atoms with E-state index in [4.69, 9.17) is 4.74 Å². The van der Waals surface area contributed by atoms with Crippen molar-refractivity contribution in [2.45, 2.75) is 45.2 Å². The maximum atomic E-state index is 12.8. The molecule has 7 nitrogen and oxygen atoms in total. The second kappa shape index (κ2) is 7.23. The largest absolute Gasteiger partial charge is 0.380 e. The van der Waals surface area contributed by atoms with Gasteiger partial charge in [-0.1, -0.05) is 0 Å². The first-order chi connectivity index (χ1) is 12.6. The smallest absolute Gasteiger partial charge is 0.228 e. The molecule has 0 aromatic carbocycles. The molecule has 0 bridgehead atoms. The molecule has 1 aliphatic carbocycles. The van der Waals surface area contributed by atoms with Crippen LogP contribution in [0.4, 0.5) is 0 Å². The molecule has 0 spiro atoms. The Morgan fingerprint density at radius 1 is 1.35 bits per heavy atom. The van der Waals surface area contributed by atoms with Crippen LogP contribution in [0.1, 0.15) is 42.6 Å². The standard InChI is InChI=1S/C19H27N5O2/c1-3-24-19-15(9-20-24)10-23(11-16(19)13-26-12-14-4-5-14)18(25)8-17-6-7-22(2)21-17/h6-7,9,14,16H,3-5,8,10-13H2,1-2H3/t16-/m0/s1. The molecule has 26 heavy (non-hydrogen) atoms. The Morgan fingerprint density at radius 3 is 2.88 bits per heavy atom. The Kier molecular flexibility index (Phi) is 4.80. The van der Waals surface area contributed by atoms with Crippen LogP contribution in [0.2, 0.25) is 0 Å². The van der Waals surface area contributed by atoms with Crippen LogP contribution in [-0.4, -0.2) is 50.1 Å². The number of amides is 1. The Hall–Kier alpha value is -2.15. The minimum absolute atomic E-state index is 0.116. The minimum Gasteiger partial charge on any atom is -0.380 e. The van der Waals surface area contributed by atoms with E-state index in [0.717, 1.165) is 30.3 Å². The fraction of sp³-hybridized carbons (Fsp3) is 0.632. The highest BCUT2D eigenvalue weighted by Gasteiger charge is 2.32. The molecule has 2 aliphatic rings. The maximum absolute atomic E-state index is 12.8. The number of hydrogen-bond acceptors (Lipinski definition) is 4. The molecule has 1 saturated carbocycles. The first-order valence-electron chi connectivity index (χ1n) is 9.52. The summed E-state index contributed by atoms with van der Waals surface area (Å²) in [4.78, 5) is 14.7. The van der Waals surface area contributed by atoms with E-state index >= 15 is 0 Å². The van der Waals surface area contributed by atoms with Crippen LogP contribution < -0.4 is 0 Å². The molecule has 1 amide bonds. The molecule has 0 unspecified atom stereocenters. The normalized spacial score (nSPS) is 19.6. The van der Waals surface area contributed by atoms with Crippen molar-refractivity contribution in [3.8, 4) is 0 Å². The highest BCUT2D eigenvalue weighted by molar-refractivity contribution is 5.78. The lowest BCUT2D eigenvalue weighted by molar-refractivity contribution is -0.132. The van der Waals surface area contributed by atoms with Crippen molar-refractivity contribution >= 4 is 5.91 Å². The summed E-state index contributed by atoms with van der Waals surface area (Å²) >= 11 is 0. The molecule has 0 saturated heterocycles. The fourth-order valence-corrected chi connectivity index (χ4v) is 3.71. The van der Waals surface area contributed by atoms with E-state index in [9.17, 15) is 4.79 Å². The van der Waals surface area contributed by atoms with Crippen LogP contribution in [0, 0.1) is 5.92 Å². The number of rotatable bonds is 7. The summed E-state index contributed by atoms with van der Waals surface area (Å²) in [6, 6.07) is 1.90. The number of carbonyl (C=O) groups is 1. The van der Waals surface area contributed by atoms with Crippen LogP contribution in [0.5, 0.6) is 0 Å². The predicted octanol–water partition coefficient (Wildman–Crippen LogP) is 1.73. The quantitative estimate of drug-likeness (QED) is 0.757. The highest BCUT2D eigenvalue weighted by Crippen LogP contribution is 2.32. The number of nitrogens with zero attached hydrogens (tertiary/aromatic N) is 5. The predicted molar refractivity (Wildman–Crippen MR) is 96.5 cm³/mol. The monoisotopic (exact) mass is 357 g/mol. The fourth-order valence-electron chi connectivity index (χ4n) is 3.71. The van der Waals surface area contributed by atoms with Crippen molar-refractivity contribution in [1.82, 2.24) is 24.5 Å². The summed E-state index contributed by atoms with van der Waals surface area (Å²) < 4.78 is 9.77. The summed E-state index contributed by atoms with van der Waals surface area (Å²) in [6.07, 6.45) is 6.70. The third-order valence-electron chi connectivity index (χ3n) is 5.27. The summed E-state index contributed by atoms with van der Waals surface area (Å²) in [5.41, 5.74) is 3.20. The van der Waals surface area contributed by atoms with Gasteiger partial charge in [-0.15, -0.1) is 0 Å². The van der Waals surface area contributed by atoms with Crippen molar-refractivity contribution in [3.05, 3.63) is 35.4 Å². The SMILES string of the molecule is CCn1ncc2c1[C@H](COCC1CC1)CN(C(=O)Cc1ccn(C)n1)C2. The lowest BCUT2D eigenvalue weighted by atomic mass is 9.96. The first-order valence-corrected chi connectivity index (χ1v) is 9.52. The molecule has 0 radical (unpaired) electrons. The van der Waals surface area contributed by atoms with Gasteiger partial charge in [0.15, 0.2) is 0 Å². The number of aryl methyl sites for hydroxylation is 2. The molecule has 1 aliphatic heterocycles. The van der Waals surface area contributed by atoms with Gasteiger partial charge < -0.3 is 9.64 Å². The molecule has 2 aromatic heterocycles. The van der Waals surface area contributed by atoms with Gasteiger partial charge in [-0.05, 0) is 31.7 Å². The Labute approximate surface area is 153 Å². The van der Waals surface area contributed by atoms with Crippen LogP contribution in [0.15, 0.2) is 18.5 Å². The minimum atomic E-state index is 0.116. The summed E-state index contributed by atoms with van der Waals surface area (Å²) in [5, 5.41) is 8.84. The summed E-state index contributed by atoms with van der Waals surface area (Å²) in [6.45, 7) is 5.76. The van der Waals surface area contributed by atoms with Gasteiger partial charge in [0.25, 0.3) is 0 Å². The number of carbonyl (C=O) groups excluding carboxylic acids is 1. The van der Waals surface area contributed by atoms with Gasteiger partial charge in [0.2, 0.25) is 5.91 Å². The number of hydrogen-bond donors (Lipinski definition) is 0. The second-order valence-electron chi connectivity index (χ2n) is 7.48. The summed E-state index contributed by atoms with van der Waals surface area (Å²) in [7, 11) is 1.87. The highest BCUT2D eigenvalue weighted by atomic mass is 16.5. The lowest BCUT2D eigenvalue weighted by Gasteiger charge is -2.33. The molecule has 7 heteroatoms. The van der Waals surface area contributed by atoms with Gasteiger partial charge in [-0.2, -0.15) is 10.2 Å². The molecular formula is C19H27N5O2. The molecular weight excluding hydrogens is 330 g/mol. The molecule has 140 valence electrons. The van der Waals surface area contributed by atoms with Gasteiger partial charge >= 0.3 is 0 Å². The van der Waals surface area contributed by atoms with Gasteiger partial charge in [0.1, 0.15) is 0 Å². The van der Waals surface area contributed by atoms with E-state index in [2.05, 4.69) is 21.8 Å². The van der Waals surface area contributed by atoms with Crippen molar-refractivity contribution < 1.29 is 9.53 Å². The van der Waals surface area contributed by atoms with E-state index in [0.29, 0.717) is 26.1 Å². The van der Waals surface area contributed by atoms with Crippen molar-refractivity contribution in [1.29, 1.82) is 0 Å². The molecule has 0 N–H and O–H groups in total. The van der Waals surface area contributed by atoms with E-state index in [-0.39, 0.29) is 11.8 Å². The number of fused-ring (bicyclic) bond motifs is 1. The van der Waals surface area contributed by atoms with Crippen molar-refractivity contribution in [3.63, 3.8) is 0 Å². The average molecular weight is 357 g/mol. The Balaban J connectivity index is 1.47. The molecule has 2 aromatic rings. The molecule has 1 atom stereocenters.